The molecule has 1 aromatic carbocycles. The van der Waals surface area contributed by atoms with E-state index in [4.69, 9.17) is 5.73 Å². The van der Waals surface area contributed by atoms with E-state index in [1.807, 2.05) is 12.1 Å². The fraction of sp³-hybridized carbons (Fsp3) is 0.533. The standard InChI is InChI=1S/C15H23N3O.2ClH/c1-11(2)6-7-18-9-12-4-3-5-14(13(12)10-18)17-15(19)8-16;;/h3-5,11H,6-10,16H2,1-2H3,(H,17,19);2*1H. The topological polar surface area (TPSA) is 58.4 Å². The third-order valence-electron chi connectivity index (χ3n) is 3.53. The highest BCUT2D eigenvalue weighted by molar-refractivity contribution is 5.93. The van der Waals surface area contributed by atoms with Crippen molar-refractivity contribution >= 4 is 36.4 Å². The molecule has 0 aliphatic carbocycles. The Labute approximate surface area is 139 Å². The summed E-state index contributed by atoms with van der Waals surface area (Å²) in [5.74, 6) is 0.592. The highest BCUT2D eigenvalue weighted by Gasteiger charge is 2.21. The Morgan fingerprint density at radius 1 is 1.33 bits per heavy atom. The van der Waals surface area contributed by atoms with Crippen molar-refractivity contribution in [2.45, 2.75) is 33.4 Å². The SMILES string of the molecule is CC(C)CCN1Cc2cccc(NC(=O)CN)c2C1.Cl.Cl. The maximum absolute atomic E-state index is 11.4. The van der Waals surface area contributed by atoms with E-state index in [2.05, 4.69) is 30.1 Å². The van der Waals surface area contributed by atoms with Crippen LogP contribution >= 0.6 is 24.8 Å². The fourth-order valence-corrected chi connectivity index (χ4v) is 2.41. The summed E-state index contributed by atoms with van der Waals surface area (Å²) in [5.41, 5.74) is 8.83. The molecule has 6 heteroatoms. The lowest BCUT2D eigenvalue weighted by atomic mass is 10.1. The molecule has 0 radical (unpaired) electrons. The smallest absolute Gasteiger partial charge is 0.238 e. The normalized spacial score (nSPS) is 13.3. The molecular weight excluding hydrogens is 309 g/mol. The number of nitrogens with one attached hydrogen (secondary N) is 1. The number of carbonyl (C=O) groups is 1. The molecule has 0 fully saturated rings. The largest absolute Gasteiger partial charge is 0.325 e. The molecule has 1 heterocycles. The first kappa shape index (κ1) is 20.2. The highest BCUT2D eigenvalue weighted by Crippen LogP contribution is 2.29. The van der Waals surface area contributed by atoms with Crippen LogP contribution in [-0.4, -0.2) is 23.9 Å². The number of benzene rings is 1. The van der Waals surface area contributed by atoms with Gasteiger partial charge in [-0.2, -0.15) is 0 Å². The summed E-state index contributed by atoms with van der Waals surface area (Å²) in [5, 5.41) is 2.89. The first-order valence-electron chi connectivity index (χ1n) is 6.93. The molecule has 0 atom stereocenters. The van der Waals surface area contributed by atoms with E-state index >= 15 is 0 Å². The molecule has 120 valence electrons. The van der Waals surface area contributed by atoms with Crippen LogP contribution in [0.4, 0.5) is 5.69 Å². The molecule has 4 nitrogen and oxygen atoms in total. The predicted octanol–water partition coefficient (Wildman–Crippen LogP) is 2.79. The average molecular weight is 334 g/mol. The molecule has 1 aliphatic rings. The quantitative estimate of drug-likeness (QED) is 0.871. The van der Waals surface area contributed by atoms with Gasteiger partial charge in [-0.1, -0.05) is 26.0 Å². The summed E-state index contributed by atoms with van der Waals surface area (Å²) in [6.07, 6.45) is 1.21. The summed E-state index contributed by atoms with van der Waals surface area (Å²) in [6.45, 7) is 7.53. The number of nitrogens with two attached hydrogens (primary N) is 1. The minimum Gasteiger partial charge on any atom is -0.325 e. The molecule has 0 unspecified atom stereocenters. The summed E-state index contributed by atoms with van der Waals surface area (Å²) >= 11 is 0. The van der Waals surface area contributed by atoms with Gasteiger partial charge < -0.3 is 11.1 Å². The van der Waals surface area contributed by atoms with Crippen LogP contribution < -0.4 is 11.1 Å². The number of nitrogens with zero attached hydrogens (tertiary/aromatic N) is 1. The zero-order valence-corrected chi connectivity index (χ0v) is 14.2. The van der Waals surface area contributed by atoms with E-state index in [1.165, 1.54) is 17.5 Å². The second-order valence-corrected chi connectivity index (χ2v) is 5.59. The lowest BCUT2D eigenvalue weighted by molar-refractivity contribution is -0.114. The molecule has 1 amide bonds. The maximum atomic E-state index is 11.4. The fourth-order valence-electron chi connectivity index (χ4n) is 2.41. The van der Waals surface area contributed by atoms with E-state index in [9.17, 15) is 4.79 Å². The van der Waals surface area contributed by atoms with Gasteiger partial charge in [-0.05, 0) is 36.1 Å². The second-order valence-electron chi connectivity index (χ2n) is 5.59. The number of hydrogen-bond acceptors (Lipinski definition) is 3. The van der Waals surface area contributed by atoms with Crippen molar-refractivity contribution in [3.05, 3.63) is 29.3 Å². The zero-order valence-electron chi connectivity index (χ0n) is 12.6. The van der Waals surface area contributed by atoms with E-state index in [0.717, 1.165) is 31.2 Å². The predicted molar refractivity (Wildman–Crippen MR) is 92.2 cm³/mol. The van der Waals surface area contributed by atoms with Crippen molar-refractivity contribution in [2.75, 3.05) is 18.4 Å². The average Bonchev–Trinajstić information content (AvgIpc) is 2.80. The first-order chi connectivity index (χ1) is 9.10. The van der Waals surface area contributed by atoms with Crippen molar-refractivity contribution in [3.8, 4) is 0 Å². The summed E-state index contributed by atoms with van der Waals surface area (Å²) < 4.78 is 0. The summed E-state index contributed by atoms with van der Waals surface area (Å²) in [7, 11) is 0. The lowest BCUT2D eigenvalue weighted by Crippen LogP contribution is -2.23. The first-order valence-corrected chi connectivity index (χ1v) is 6.93. The van der Waals surface area contributed by atoms with Crippen LogP contribution in [0.25, 0.3) is 0 Å². The Hall–Kier alpha value is -0.810. The monoisotopic (exact) mass is 333 g/mol. The minimum absolute atomic E-state index is 0. The van der Waals surface area contributed by atoms with Crippen molar-refractivity contribution in [2.24, 2.45) is 11.7 Å². The van der Waals surface area contributed by atoms with Gasteiger partial charge in [-0.25, -0.2) is 0 Å². The van der Waals surface area contributed by atoms with Gasteiger partial charge >= 0.3 is 0 Å². The number of carbonyl (C=O) groups excluding carboxylic acids is 1. The van der Waals surface area contributed by atoms with Gasteiger partial charge in [-0.3, -0.25) is 9.69 Å². The van der Waals surface area contributed by atoms with Crippen LogP contribution in [0.15, 0.2) is 18.2 Å². The maximum Gasteiger partial charge on any atom is 0.238 e. The molecule has 0 bridgehead atoms. The van der Waals surface area contributed by atoms with Gasteiger partial charge in [0, 0.05) is 18.8 Å². The molecule has 1 aromatic rings. The third kappa shape index (κ3) is 5.47. The molecule has 1 aliphatic heterocycles. The Morgan fingerprint density at radius 2 is 2.05 bits per heavy atom. The van der Waals surface area contributed by atoms with Gasteiger partial charge in [0.25, 0.3) is 0 Å². The van der Waals surface area contributed by atoms with Gasteiger partial charge in [0.05, 0.1) is 6.54 Å². The Bertz CT molecular complexity index is 466. The molecule has 0 spiro atoms. The number of hydrogen-bond donors (Lipinski definition) is 2. The van der Waals surface area contributed by atoms with Crippen LogP contribution in [0.1, 0.15) is 31.4 Å². The van der Waals surface area contributed by atoms with Crippen LogP contribution in [0.5, 0.6) is 0 Å². The number of anilines is 1. The number of rotatable bonds is 5. The van der Waals surface area contributed by atoms with Crippen molar-refractivity contribution < 1.29 is 4.79 Å². The third-order valence-corrected chi connectivity index (χ3v) is 3.53. The summed E-state index contributed by atoms with van der Waals surface area (Å²) in [6, 6.07) is 6.10. The Kier molecular flexibility index (Phi) is 8.90. The molecule has 0 saturated carbocycles. The molecule has 0 aromatic heterocycles. The van der Waals surface area contributed by atoms with Gasteiger partial charge in [0.15, 0.2) is 0 Å². The minimum atomic E-state index is -0.131. The number of fused-ring (bicyclic) bond motifs is 1. The van der Waals surface area contributed by atoms with Crippen molar-refractivity contribution in [1.29, 1.82) is 0 Å². The van der Waals surface area contributed by atoms with Gasteiger partial charge in [-0.15, -0.1) is 24.8 Å². The second kappa shape index (κ2) is 9.26. The van der Waals surface area contributed by atoms with E-state index in [0.29, 0.717) is 0 Å². The molecule has 2 rings (SSSR count). The van der Waals surface area contributed by atoms with Gasteiger partial charge in [0.1, 0.15) is 0 Å². The van der Waals surface area contributed by atoms with E-state index < -0.39 is 0 Å². The lowest BCUT2D eigenvalue weighted by Gasteiger charge is -2.16. The summed E-state index contributed by atoms with van der Waals surface area (Å²) in [4.78, 5) is 13.9. The van der Waals surface area contributed by atoms with E-state index in [-0.39, 0.29) is 37.3 Å². The molecule has 21 heavy (non-hydrogen) atoms. The highest BCUT2D eigenvalue weighted by atomic mass is 35.5. The zero-order chi connectivity index (χ0) is 13.8. The van der Waals surface area contributed by atoms with Crippen LogP contribution in [0, 0.1) is 5.92 Å². The van der Waals surface area contributed by atoms with E-state index in [1.54, 1.807) is 0 Å². The van der Waals surface area contributed by atoms with Gasteiger partial charge in [0.2, 0.25) is 5.91 Å². The number of amides is 1. The molecule has 3 N–H and O–H groups in total. The van der Waals surface area contributed by atoms with Crippen molar-refractivity contribution in [3.63, 3.8) is 0 Å². The van der Waals surface area contributed by atoms with Crippen LogP contribution in [-0.2, 0) is 17.9 Å². The van der Waals surface area contributed by atoms with Crippen LogP contribution in [0.3, 0.4) is 0 Å². The molecule has 0 saturated heterocycles. The Balaban J connectivity index is 0.00000200. The van der Waals surface area contributed by atoms with Crippen molar-refractivity contribution in [1.82, 2.24) is 4.90 Å². The van der Waals surface area contributed by atoms with Crippen LogP contribution in [0.2, 0.25) is 0 Å². The molecular formula is C15H25Cl2N3O. The number of halogens is 2. The Morgan fingerprint density at radius 3 is 2.67 bits per heavy atom.